The number of nitrogens with two attached hydrogens (primary N) is 2. The first-order valence-corrected chi connectivity index (χ1v) is 9.59. The van der Waals surface area contributed by atoms with E-state index in [0.717, 1.165) is 0 Å². The van der Waals surface area contributed by atoms with Crippen LogP contribution in [0.3, 0.4) is 0 Å². The lowest BCUT2D eigenvalue weighted by atomic mass is 10.1. The fourth-order valence-corrected chi connectivity index (χ4v) is 2.60. The van der Waals surface area contributed by atoms with Crippen LogP contribution in [-0.2, 0) is 30.4 Å². The van der Waals surface area contributed by atoms with Crippen molar-refractivity contribution in [1.82, 2.24) is 25.9 Å². The monoisotopic (exact) mass is 459 g/mol. The summed E-state index contributed by atoms with van der Waals surface area (Å²) in [5.74, 6) is -5.30. The van der Waals surface area contributed by atoms with Crippen LogP contribution in [0.4, 0.5) is 0 Å². The van der Waals surface area contributed by atoms with Crippen LogP contribution in [0.1, 0.15) is 12.1 Å². The molecule has 10 N–H and O–H groups in total. The predicted octanol–water partition coefficient (Wildman–Crippen LogP) is -4.38. The quantitative estimate of drug-likeness (QED) is 0.129. The predicted molar refractivity (Wildman–Crippen MR) is 108 cm³/mol. The maximum absolute atomic E-state index is 12.4. The number of hydrogen-bond donors (Lipinski definition) is 9. The minimum Gasteiger partial charge on any atom is -0.480 e. The average Bonchev–Trinajstić information content (AvgIpc) is 3.21. The molecule has 0 spiro atoms. The molecule has 172 valence electrons. The number of rotatable bonds is 13. The number of hydrogen-bond acceptors (Lipinski definition) is 9. The minimum absolute atomic E-state index is 0.101. The van der Waals surface area contributed by atoms with Crippen molar-refractivity contribution >= 4 is 42.2 Å². The number of amides is 4. The molecule has 0 aliphatic rings. The Bertz CT molecular complexity index is 789. The highest BCUT2D eigenvalue weighted by Crippen LogP contribution is 1.99. The van der Waals surface area contributed by atoms with Gasteiger partial charge in [-0.3, -0.25) is 19.2 Å². The van der Waals surface area contributed by atoms with Crippen molar-refractivity contribution < 1.29 is 34.2 Å². The number of carbonyl (C=O) groups is 5. The first-order valence-electron chi connectivity index (χ1n) is 8.95. The summed E-state index contributed by atoms with van der Waals surface area (Å²) < 4.78 is 0. The van der Waals surface area contributed by atoms with Crippen LogP contribution in [0.25, 0.3) is 0 Å². The van der Waals surface area contributed by atoms with E-state index in [-0.39, 0.29) is 12.2 Å². The molecule has 0 aliphatic heterocycles. The molecule has 0 fully saturated rings. The molecule has 4 unspecified atom stereocenters. The van der Waals surface area contributed by atoms with Gasteiger partial charge in [0, 0.05) is 24.1 Å². The number of H-pyrrole nitrogens is 1. The Hall–Kier alpha value is -3.17. The Morgan fingerprint density at radius 2 is 1.65 bits per heavy atom. The van der Waals surface area contributed by atoms with Crippen LogP contribution in [0, 0.1) is 0 Å². The smallest absolute Gasteiger partial charge is 0.326 e. The standard InChI is InChI=1S/C16H25N7O7S/c17-8(1-7-3-19-6-20-7)13(26)22-10(4-24)14(27)23-11(5-31)15(28)21-9(16(29)30)2-12(18)25/h3,6,8-11,24,31H,1-2,4-5,17H2,(H2,18,25)(H,19,20)(H,21,28)(H,22,26)(H,23,27)(H,29,30). The molecular formula is C16H25N7O7S. The number of carboxylic acids is 1. The second-order valence-corrected chi connectivity index (χ2v) is 6.81. The molecule has 31 heavy (non-hydrogen) atoms. The molecule has 4 amide bonds. The molecule has 1 aromatic heterocycles. The van der Waals surface area contributed by atoms with Crippen molar-refractivity contribution in [3.05, 3.63) is 18.2 Å². The van der Waals surface area contributed by atoms with Crippen molar-refractivity contribution in [3.63, 3.8) is 0 Å². The van der Waals surface area contributed by atoms with Gasteiger partial charge in [-0.1, -0.05) is 0 Å². The van der Waals surface area contributed by atoms with E-state index < -0.39 is 66.8 Å². The van der Waals surface area contributed by atoms with Crippen molar-refractivity contribution in [2.45, 2.75) is 37.0 Å². The second kappa shape index (κ2) is 12.5. The van der Waals surface area contributed by atoms with Gasteiger partial charge in [0.1, 0.15) is 18.1 Å². The number of nitrogens with one attached hydrogen (secondary N) is 4. The third-order valence-corrected chi connectivity index (χ3v) is 4.35. The summed E-state index contributed by atoms with van der Waals surface area (Å²) in [5, 5.41) is 25.1. The lowest BCUT2D eigenvalue weighted by Gasteiger charge is -2.23. The molecule has 1 rings (SSSR count). The van der Waals surface area contributed by atoms with Crippen LogP contribution in [0.2, 0.25) is 0 Å². The van der Waals surface area contributed by atoms with Gasteiger partial charge in [-0.2, -0.15) is 12.6 Å². The van der Waals surface area contributed by atoms with Crippen LogP contribution < -0.4 is 27.4 Å². The SMILES string of the molecule is NC(=O)CC(NC(=O)C(CS)NC(=O)C(CO)NC(=O)C(N)Cc1cnc[nH]1)C(=O)O. The number of primary amides is 1. The zero-order valence-corrected chi connectivity index (χ0v) is 17.2. The topological polar surface area (TPSA) is 243 Å². The fourth-order valence-electron chi connectivity index (χ4n) is 2.34. The summed E-state index contributed by atoms with van der Waals surface area (Å²) in [6, 6.07) is -5.40. The summed E-state index contributed by atoms with van der Waals surface area (Å²) in [5.41, 5.74) is 11.3. The molecule has 15 heteroatoms. The zero-order chi connectivity index (χ0) is 23.6. The number of aromatic amines is 1. The average molecular weight is 459 g/mol. The van der Waals surface area contributed by atoms with E-state index in [9.17, 15) is 29.1 Å². The van der Waals surface area contributed by atoms with Crippen molar-refractivity contribution in [3.8, 4) is 0 Å². The number of aliphatic hydroxyl groups excluding tert-OH is 1. The molecule has 14 nitrogen and oxygen atoms in total. The maximum atomic E-state index is 12.4. The van der Waals surface area contributed by atoms with Gasteiger partial charge in [-0.05, 0) is 0 Å². The summed E-state index contributed by atoms with van der Waals surface area (Å²) in [6.07, 6.45) is 2.33. The van der Waals surface area contributed by atoms with Crippen LogP contribution in [-0.4, -0.2) is 86.3 Å². The Kier molecular flexibility index (Phi) is 10.4. The number of carboxylic acid groups (broad SMARTS) is 1. The number of nitrogens with zero attached hydrogens (tertiary/aromatic N) is 1. The van der Waals surface area contributed by atoms with Gasteiger partial charge < -0.3 is 42.6 Å². The van der Waals surface area contributed by atoms with Gasteiger partial charge >= 0.3 is 5.97 Å². The number of carbonyl (C=O) groups excluding carboxylic acids is 4. The third-order valence-electron chi connectivity index (χ3n) is 3.98. The lowest BCUT2D eigenvalue weighted by molar-refractivity contribution is -0.143. The molecule has 1 aromatic rings. The molecule has 0 saturated carbocycles. The lowest BCUT2D eigenvalue weighted by Crippen LogP contribution is -2.58. The number of aliphatic carboxylic acids is 1. The van der Waals surface area contributed by atoms with Gasteiger partial charge in [0.2, 0.25) is 23.6 Å². The first kappa shape index (κ1) is 25.9. The normalized spacial score (nSPS) is 14.5. The van der Waals surface area contributed by atoms with E-state index >= 15 is 0 Å². The highest BCUT2D eigenvalue weighted by atomic mass is 32.1. The van der Waals surface area contributed by atoms with Gasteiger partial charge in [0.25, 0.3) is 0 Å². The number of aromatic nitrogens is 2. The molecule has 0 aromatic carbocycles. The summed E-state index contributed by atoms with van der Waals surface area (Å²) >= 11 is 3.93. The second-order valence-electron chi connectivity index (χ2n) is 6.44. The van der Waals surface area contributed by atoms with Gasteiger partial charge in [0.15, 0.2) is 0 Å². The van der Waals surface area contributed by atoms with Gasteiger partial charge in [-0.25, -0.2) is 9.78 Å². The molecule has 0 aliphatic carbocycles. The fraction of sp³-hybridized carbons (Fsp3) is 0.500. The number of imidazole rings is 1. The molecule has 1 heterocycles. The molecular weight excluding hydrogens is 434 g/mol. The number of thiol groups is 1. The van der Waals surface area contributed by atoms with E-state index in [1.54, 1.807) is 0 Å². The van der Waals surface area contributed by atoms with E-state index in [2.05, 4.69) is 38.5 Å². The van der Waals surface area contributed by atoms with Gasteiger partial charge in [-0.15, -0.1) is 0 Å². The van der Waals surface area contributed by atoms with Crippen LogP contribution >= 0.6 is 12.6 Å². The van der Waals surface area contributed by atoms with Crippen molar-refractivity contribution in [2.75, 3.05) is 12.4 Å². The summed E-state index contributed by atoms with van der Waals surface area (Å²) in [6.45, 7) is -0.797. The Balaban J connectivity index is 2.70. The van der Waals surface area contributed by atoms with Crippen molar-refractivity contribution in [1.29, 1.82) is 0 Å². The Labute approximate surface area is 181 Å². The van der Waals surface area contributed by atoms with E-state index in [0.29, 0.717) is 5.69 Å². The van der Waals surface area contributed by atoms with Crippen LogP contribution in [0.5, 0.6) is 0 Å². The highest BCUT2D eigenvalue weighted by molar-refractivity contribution is 7.80. The zero-order valence-electron chi connectivity index (χ0n) is 16.3. The number of aliphatic hydroxyl groups is 1. The molecule has 0 bridgehead atoms. The maximum Gasteiger partial charge on any atom is 0.326 e. The summed E-state index contributed by atoms with van der Waals surface area (Å²) in [7, 11) is 0. The van der Waals surface area contributed by atoms with Crippen molar-refractivity contribution in [2.24, 2.45) is 11.5 Å². The van der Waals surface area contributed by atoms with E-state index in [4.69, 9.17) is 16.6 Å². The van der Waals surface area contributed by atoms with Crippen LogP contribution in [0.15, 0.2) is 12.5 Å². The Morgan fingerprint density at radius 3 is 2.13 bits per heavy atom. The largest absolute Gasteiger partial charge is 0.480 e. The highest BCUT2D eigenvalue weighted by Gasteiger charge is 2.30. The molecule has 4 atom stereocenters. The summed E-state index contributed by atoms with van der Waals surface area (Å²) in [4.78, 5) is 65.4. The molecule has 0 saturated heterocycles. The minimum atomic E-state index is -1.60. The van der Waals surface area contributed by atoms with E-state index in [1.807, 2.05) is 0 Å². The van der Waals surface area contributed by atoms with Gasteiger partial charge in [0.05, 0.1) is 25.4 Å². The molecule has 0 radical (unpaired) electrons. The van der Waals surface area contributed by atoms with E-state index in [1.165, 1.54) is 12.5 Å². The first-order chi connectivity index (χ1) is 14.6. The third kappa shape index (κ3) is 8.61. The Morgan fingerprint density at radius 1 is 1.06 bits per heavy atom.